The van der Waals surface area contributed by atoms with Gasteiger partial charge in [0.05, 0.1) is 0 Å². The zero-order valence-corrected chi connectivity index (χ0v) is 16.1. The maximum atomic E-state index is 6.39. The Morgan fingerprint density at radius 2 is 1.84 bits per heavy atom. The van der Waals surface area contributed by atoms with Crippen LogP contribution in [-0.4, -0.2) is 36.6 Å². The van der Waals surface area contributed by atoms with E-state index in [4.69, 9.17) is 11.6 Å². The lowest BCUT2D eigenvalue weighted by molar-refractivity contribution is 0.0609. The van der Waals surface area contributed by atoms with Crippen molar-refractivity contribution in [1.82, 2.24) is 10.2 Å². The minimum Gasteiger partial charge on any atom is -0.310 e. The van der Waals surface area contributed by atoms with E-state index in [2.05, 4.69) is 73.6 Å². The molecule has 2 nitrogen and oxygen atoms in total. The first-order valence-corrected chi connectivity index (χ1v) is 9.65. The van der Waals surface area contributed by atoms with Gasteiger partial charge in [0.15, 0.2) is 0 Å². The zero-order chi connectivity index (χ0) is 17.6. The summed E-state index contributed by atoms with van der Waals surface area (Å²) in [6, 6.07) is 17.8. The van der Waals surface area contributed by atoms with Gasteiger partial charge in [-0.3, -0.25) is 4.90 Å². The van der Waals surface area contributed by atoms with Crippen molar-refractivity contribution >= 4 is 11.6 Å². The summed E-state index contributed by atoms with van der Waals surface area (Å²) in [5.74, 6) is 0.944. The molecule has 3 atom stereocenters. The van der Waals surface area contributed by atoms with E-state index in [1.165, 1.54) is 16.7 Å². The number of hydrogen-bond acceptors (Lipinski definition) is 2. The van der Waals surface area contributed by atoms with Crippen molar-refractivity contribution in [2.75, 3.05) is 20.1 Å². The molecule has 1 saturated heterocycles. The Labute approximate surface area is 156 Å². The van der Waals surface area contributed by atoms with E-state index >= 15 is 0 Å². The lowest BCUT2D eigenvalue weighted by Gasteiger charge is -2.49. The Kier molecular flexibility index (Phi) is 4.39. The van der Waals surface area contributed by atoms with Crippen molar-refractivity contribution in [3.63, 3.8) is 0 Å². The third-order valence-corrected chi connectivity index (χ3v) is 6.71. The van der Waals surface area contributed by atoms with Gasteiger partial charge < -0.3 is 5.32 Å². The molecular formula is C22H27ClN2. The fraction of sp³-hybridized carbons (Fsp3) is 0.455. The molecule has 2 aromatic rings. The maximum Gasteiger partial charge on any atom is 0.0409 e. The molecule has 0 bridgehead atoms. The molecule has 3 unspecified atom stereocenters. The number of nitrogens with one attached hydrogen (secondary N) is 1. The minimum absolute atomic E-state index is 0.119. The molecule has 132 valence electrons. The van der Waals surface area contributed by atoms with Crippen LogP contribution in [0.5, 0.6) is 0 Å². The van der Waals surface area contributed by atoms with Gasteiger partial charge in [-0.15, -0.1) is 0 Å². The van der Waals surface area contributed by atoms with Gasteiger partial charge in [-0.2, -0.15) is 0 Å². The molecule has 0 radical (unpaired) electrons. The molecule has 1 N–H and O–H groups in total. The second-order valence-corrected chi connectivity index (χ2v) is 8.52. The van der Waals surface area contributed by atoms with Crippen LogP contribution < -0.4 is 5.32 Å². The molecule has 25 heavy (non-hydrogen) atoms. The largest absolute Gasteiger partial charge is 0.310 e. The van der Waals surface area contributed by atoms with Crippen LogP contribution >= 0.6 is 11.6 Å². The van der Waals surface area contributed by atoms with Crippen LogP contribution in [-0.2, 0) is 0 Å². The van der Waals surface area contributed by atoms with Gasteiger partial charge in [0.25, 0.3) is 0 Å². The highest BCUT2D eigenvalue weighted by Gasteiger charge is 2.45. The summed E-state index contributed by atoms with van der Waals surface area (Å²) in [6.07, 6.45) is 1.15. The van der Waals surface area contributed by atoms with Crippen LogP contribution in [0.3, 0.4) is 0 Å². The highest BCUT2D eigenvalue weighted by Crippen LogP contribution is 2.49. The average molecular weight is 355 g/mol. The Balaban J connectivity index is 1.76. The Morgan fingerprint density at radius 3 is 2.60 bits per heavy atom. The number of likely N-dealkylation sites (N-methyl/N-ethyl adjacent to an activating group) is 1. The lowest BCUT2D eigenvalue weighted by Crippen LogP contribution is -2.64. The SMILES string of the molecule is CN1CCNC(C2CC(c3ccccc3)c3ccc(Cl)cc32)C1(C)C. The van der Waals surface area contributed by atoms with Crippen LogP contribution in [0, 0.1) is 0 Å². The fourth-order valence-corrected chi connectivity index (χ4v) is 4.99. The predicted octanol–water partition coefficient (Wildman–Crippen LogP) is 4.64. The second kappa shape index (κ2) is 6.42. The predicted molar refractivity (Wildman–Crippen MR) is 106 cm³/mol. The van der Waals surface area contributed by atoms with Crippen molar-refractivity contribution < 1.29 is 0 Å². The van der Waals surface area contributed by atoms with E-state index in [0.717, 1.165) is 24.5 Å². The van der Waals surface area contributed by atoms with Crippen LogP contribution in [0.1, 0.15) is 48.8 Å². The van der Waals surface area contributed by atoms with Gasteiger partial charge in [0.2, 0.25) is 0 Å². The quantitative estimate of drug-likeness (QED) is 0.845. The van der Waals surface area contributed by atoms with Gasteiger partial charge >= 0.3 is 0 Å². The highest BCUT2D eigenvalue weighted by molar-refractivity contribution is 6.30. The first-order valence-electron chi connectivity index (χ1n) is 9.27. The molecule has 2 aliphatic rings. The third kappa shape index (κ3) is 2.91. The molecule has 0 aromatic heterocycles. The molecule has 1 aliphatic carbocycles. The summed E-state index contributed by atoms with van der Waals surface area (Å²) >= 11 is 6.39. The first-order chi connectivity index (χ1) is 12.0. The minimum atomic E-state index is 0.119. The van der Waals surface area contributed by atoms with E-state index in [1.54, 1.807) is 0 Å². The first kappa shape index (κ1) is 17.1. The summed E-state index contributed by atoms with van der Waals surface area (Å²) in [4.78, 5) is 2.49. The van der Waals surface area contributed by atoms with E-state index < -0.39 is 0 Å². The molecule has 4 rings (SSSR count). The second-order valence-electron chi connectivity index (χ2n) is 8.09. The summed E-state index contributed by atoms with van der Waals surface area (Å²) in [5.41, 5.74) is 4.41. The Hall–Kier alpha value is -1.35. The van der Waals surface area contributed by atoms with Gasteiger partial charge in [-0.1, -0.05) is 48.0 Å². The number of benzene rings is 2. The van der Waals surface area contributed by atoms with Crippen molar-refractivity contribution in [3.05, 3.63) is 70.2 Å². The summed E-state index contributed by atoms with van der Waals surface area (Å²) < 4.78 is 0. The molecule has 1 heterocycles. The van der Waals surface area contributed by atoms with Gasteiger partial charge in [0, 0.05) is 41.5 Å². The number of halogens is 1. The van der Waals surface area contributed by atoms with E-state index in [9.17, 15) is 0 Å². The molecule has 1 aliphatic heterocycles. The standard InChI is InChI=1S/C22H27ClN2/c1-22(2)21(24-11-12-25(22)3)20-14-18(15-7-5-4-6-8-15)17-10-9-16(23)13-19(17)20/h4-10,13,18,20-21,24H,11-12,14H2,1-3H3. The topological polar surface area (TPSA) is 15.3 Å². The molecule has 0 saturated carbocycles. The van der Waals surface area contributed by atoms with Crippen LogP contribution in [0.2, 0.25) is 5.02 Å². The van der Waals surface area contributed by atoms with Gasteiger partial charge in [-0.05, 0) is 56.1 Å². The number of fused-ring (bicyclic) bond motifs is 1. The van der Waals surface area contributed by atoms with Crippen LogP contribution in [0.4, 0.5) is 0 Å². The summed E-state index contributed by atoms with van der Waals surface area (Å²) in [6.45, 7) is 6.88. The van der Waals surface area contributed by atoms with Crippen LogP contribution in [0.15, 0.2) is 48.5 Å². The third-order valence-electron chi connectivity index (χ3n) is 6.47. The number of nitrogens with zero attached hydrogens (tertiary/aromatic N) is 1. The number of hydrogen-bond donors (Lipinski definition) is 1. The van der Waals surface area contributed by atoms with Crippen LogP contribution in [0.25, 0.3) is 0 Å². The molecule has 1 fully saturated rings. The molecular weight excluding hydrogens is 328 g/mol. The van der Waals surface area contributed by atoms with Gasteiger partial charge in [-0.25, -0.2) is 0 Å². The smallest absolute Gasteiger partial charge is 0.0409 e. The van der Waals surface area contributed by atoms with Crippen molar-refractivity contribution in [1.29, 1.82) is 0 Å². The monoisotopic (exact) mass is 354 g/mol. The van der Waals surface area contributed by atoms with E-state index in [1.807, 2.05) is 6.07 Å². The zero-order valence-electron chi connectivity index (χ0n) is 15.3. The Morgan fingerprint density at radius 1 is 1.08 bits per heavy atom. The highest BCUT2D eigenvalue weighted by atomic mass is 35.5. The molecule has 0 amide bonds. The Bertz CT molecular complexity index is 756. The van der Waals surface area contributed by atoms with E-state index in [-0.39, 0.29) is 5.54 Å². The average Bonchev–Trinajstić information content (AvgIpc) is 2.96. The fourth-order valence-electron chi connectivity index (χ4n) is 4.81. The number of piperazine rings is 1. The van der Waals surface area contributed by atoms with Crippen molar-refractivity contribution in [2.24, 2.45) is 0 Å². The molecule has 0 spiro atoms. The lowest BCUT2D eigenvalue weighted by atomic mass is 9.78. The maximum absolute atomic E-state index is 6.39. The summed E-state index contributed by atoms with van der Waals surface area (Å²) in [5, 5.41) is 4.68. The van der Waals surface area contributed by atoms with E-state index in [0.29, 0.717) is 17.9 Å². The summed E-state index contributed by atoms with van der Waals surface area (Å²) in [7, 11) is 2.25. The van der Waals surface area contributed by atoms with Gasteiger partial charge in [0.1, 0.15) is 0 Å². The van der Waals surface area contributed by atoms with Crippen molar-refractivity contribution in [3.8, 4) is 0 Å². The number of rotatable bonds is 2. The molecule has 2 aromatic carbocycles. The van der Waals surface area contributed by atoms with Crippen molar-refractivity contribution in [2.45, 2.75) is 43.7 Å². The normalized spacial score (nSPS) is 28.7. The molecule has 3 heteroatoms.